The third-order valence-electron chi connectivity index (χ3n) is 8.02. The molecular weight excluding hydrogens is 448 g/mol. The van der Waals surface area contributed by atoms with Crippen molar-refractivity contribution in [1.29, 1.82) is 0 Å². The molecule has 1 spiro atoms. The van der Waals surface area contributed by atoms with E-state index in [2.05, 4.69) is 26.2 Å². The molecule has 1 aromatic carbocycles. The summed E-state index contributed by atoms with van der Waals surface area (Å²) in [7, 11) is 0. The molecule has 2 saturated heterocycles. The Morgan fingerprint density at radius 2 is 1.79 bits per heavy atom. The summed E-state index contributed by atoms with van der Waals surface area (Å²) in [6, 6.07) is 14.0. The first-order valence-corrected chi connectivity index (χ1v) is 13.0. The van der Waals surface area contributed by atoms with Crippen molar-refractivity contribution in [2.75, 3.05) is 37.6 Å². The lowest BCUT2D eigenvalue weighted by atomic mass is 9.60. The molecule has 6 nitrogen and oxygen atoms in total. The molecule has 34 heavy (non-hydrogen) atoms. The van der Waals surface area contributed by atoms with Gasteiger partial charge in [0.25, 0.3) is 0 Å². The number of nitrogens with zero attached hydrogens (tertiary/aromatic N) is 3. The number of hydrogen-bond donors (Lipinski definition) is 1. The van der Waals surface area contributed by atoms with E-state index in [1.807, 2.05) is 42.6 Å². The molecular formula is C27H35ClN4O2. The summed E-state index contributed by atoms with van der Waals surface area (Å²) in [5.41, 5.74) is 2.63. The highest BCUT2D eigenvalue weighted by atomic mass is 35.5. The maximum absolute atomic E-state index is 12.1. The summed E-state index contributed by atoms with van der Waals surface area (Å²) in [6.45, 7) is 6.11. The second-order valence-corrected chi connectivity index (χ2v) is 10.8. The van der Waals surface area contributed by atoms with Gasteiger partial charge in [0.1, 0.15) is 11.8 Å². The highest BCUT2D eigenvalue weighted by Crippen LogP contribution is 2.49. The number of aromatic nitrogens is 1. The summed E-state index contributed by atoms with van der Waals surface area (Å²) in [5, 5.41) is 3.62. The van der Waals surface area contributed by atoms with Gasteiger partial charge >= 0.3 is 6.09 Å². The van der Waals surface area contributed by atoms with Gasteiger partial charge in [0, 0.05) is 25.7 Å². The van der Waals surface area contributed by atoms with E-state index in [-0.39, 0.29) is 12.1 Å². The van der Waals surface area contributed by atoms with Crippen molar-refractivity contribution in [3.63, 3.8) is 0 Å². The molecule has 2 aliphatic heterocycles. The maximum Gasteiger partial charge on any atom is 0.407 e. The van der Waals surface area contributed by atoms with Gasteiger partial charge in [-0.1, -0.05) is 41.9 Å². The van der Waals surface area contributed by atoms with Crippen LogP contribution in [0.3, 0.4) is 0 Å². The number of alkyl carbamates (subject to hydrolysis) is 1. The van der Waals surface area contributed by atoms with Gasteiger partial charge in [-0.3, -0.25) is 0 Å². The van der Waals surface area contributed by atoms with Crippen LogP contribution in [0.5, 0.6) is 0 Å². The number of benzene rings is 1. The molecule has 0 atom stereocenters. The predicted molar refractivity (Wildman–Crippen MR) is 135 cm³/mol. The van der Waals surface area contributed by atoms with Crippen LogP contribution in [0, 0.1) is 11.3 Å². The van der Waals surface area contributed by atoms with Crippen LogP contribution >= 0.6 is 11.6 Å². The Morgan fingerprint density at radius 1 is 1.06 bits per heavy atom. The Kier molecular flexibility index (Phi) is 7.26. The summed E-state index contributed by atoms with van der Waals surface area (Å²) >= 11 is 5.92. The molecule has 1 N–H and O–H groups in total. The van der Waals surface area contributed by atoms with E-state index in [0.717, 1.165) is 37.4 Å². The van der Waals surface area contributed by atoms with Gasteiger partial charge in [-0.05, 0) is 80.6 Å². The van der Waals surface area contributed by atoms with Crippen molar-refractivity contribution in [2.45, 2.75) is 51.2 Å². The van der Waals surface area contributed by atoms with E-state index in [1.165, 1.54) is 51.0 Å². The number of likely N-dealkylation sites (tertiary alicyclic amines) is 1. The third kappa shape index (κ3) is 5.84. The van der Waals surface area contributed by atoms with Crippen molar-refractivity contribution < 1.29 is 9.53 Å². The van der Waals surface area contributed by atoms with E-state index < -0.39 is 0 Å². The Labute approximate surface area is 207 Å². The van der Waals surface area contributed by atoms with Crippen LogP contribution in [0.1, 0.15) is 44.1 Å². The molecule has 2 aromatic rings. The van der Waals surface area contributed by atoms with Crippen molar-refractivity contribution in [2.24, 2.45) is 11.3 Å². The van der Waals surface area contributed by atoms with Crippen molar-refractivity contribution in [3.05, 3.63) is 59.4 Å². The van der Waals surface area contributed by atoms with Crippen molar-refractivity contribution in [1.82, 2.24) is 15.2 Å². The second kappa shape index (κ2) is 10.5. The molecule has 3 heterocycles. The number of nitrogens with one attached hydrogen (secondary N) is 1. The summed E-state index contributed by atoms with van der Waals surface area (Å²) in [4.78, 5) is 21.5. The average molecular weight is 483 g/mol. The Hall–Kier alpha value is -2.31. The summed E-state index contributed by atoms with van der Waals surface area (Å²) in [5.74, 6) is 0.778. The number of halogens is 1. The van der Waals surface area contributed by atoms with Crippen molar-refractivity contribution in [3.8, 4) is 0 Å². The molecule has 182 valence electrons. The zero-order valence-corrected chi connectivity index (χ0v) is 20.6. The zero-order chi connectivity index (χ0) is 23.4. The number of piperidine rings is 2. The first-order chi connectivity index (χ1) is 16.6. The minimum atomic E-state index is -0.290. The van der Waals surface area contributed by atoms with Gasteiger partial charge in [0.2, 0.25) is 0 Å². The highest BCUT2D eigenvalue weighted by molar-refractivity contribution is 6.29. The molecule has 7 heteroatoms. The summed E-state index contributed by atoms with van der Waals surface area (Å²) < 4.78 is 5.38. The number of ether oxygens (including phenoxy) is 1. The quantitative estimate of drug-likeness (QED) is 0.579. The van der Waals surface area contributed by atoms with Gasteiger partial charge in [-0.2, -0.15) is 0 Å². The van der Waals surface area contributed by atoms with Crippen LogP contribution in [0.4, 0.5) is 10.5 Å². The lowest BCUT2D eigenvalue weighted by Gasteiger charge is -2.52. The van der Waals surface area contributed by atoms with Crippen LogP contribution < -0.4 is 10.2 Å². The van der Waals surface area contributed by atoms with Crippen molar-refractivity contribution >= 4 is 23.4 Å². The molecule has 3 fully saturated rings. The van der Waals surface area contributed by atoms with Crippen LogP contribution in [0.15, 0.2) is 48.7 Å². The van der Waals surface area contributed by atoms with Crippen LogP contribution in [-0.2, 0) is 11.3 Å². The lowest BCUT2D eigenvalue weighted by Crippen LogP contribution is -2.55. The first kappa shape index (κ1) is 23.4. The number of rotatable bonds is 6. The fourth-order valence-electron chi connectivity index (χ4n) is 5.93. The van der Waals surface area contributed by atoms with Gasteiger partial charge in [0.05, 0.1) is 11.9 Å². The number of hydrogen-bond acceptors (Lipinski definition) is 5. The molecule has 1 saturated carbocycles. The smallest absolute Gasteiger partial charge is 0.407 e. The largest absolute Gasteiger partial charge is 0.445 e. The lowest BCUT2D eigenvalue weighted by molar-refractivity contribution is 0.000392. The predicted octanol–water partition coefficient (Wildman–Crippen LogP) is 5.12. The molecule has 0 unspecified atom stereocenters. The molecule has 0 radical (unpaired) electrons. The van der Waals surface area contributed by atoms with Crippen LogP contribution in [0.2, 0.25) is 5.15 Å². The standard InChI is InChI=1S/C27H35ClN4O2/c28-25-7-6-24(18-29-25)32-12-8-21(9-13-32)19-31-14-10-27(11-15-31)16-23(17-27)30-26(33)34-20-22-4-2-1-3-5-22/h1-7,18,21,23H,8-17,19-20H2,(H,30,33). The normalized spacial score (nSPS) is 21.3. The number of amides is 1. The first-order valence-electron chi connectivity index (χ1n) is 12.6. The average Bonchev–Trinajstić information content (AvgIpc) is 2.85. The van der Waals surface area contributed by atoms with Gasteiger partial charge in [-0.15, -0.1) is 0 Å². The van der Waals surface area contributed by atoms with E-state index in [4.69, 9.17) is 16.3 Å². The third-order valence-corrected chi connectivity index (χ3v) is 8.24. The molecule has 1 aliphatic carbocycles. The number of carbonyl (C=O) groups excluding carboxylic acids is 1. The maximum atomic E-state index is 12.1. The van der Waals surface area contributed by atoms with Crippen LogP contribution in [-0.4, -0.2) is 54.7 Å². The van der Waals surface area contributed by atoms with Gasteiger partial charge < -0.3 is 19.9 Å². The fourth-order valence-corrected chi connectivity index (χ4v) is 6.04. The van der Waals surface area contributed by atoms with E-state index in [9.17, 15) is 4.79 Å². The molecule has 1 amide bonds. The topological polar surface area (TPSA) is 57.7 Å². The minimum Gasteiger partial charge on any atom is -0.445 e. The van der Waals surface area contributed by atoms with E-state index in [1.54, 1.807) is 0 Å². The molecule has 5 rings (SSSR count). The van der Waals surface area contributed by atoms with Gasteiger partial charge in [0.15, 0.2) is 0 Å². The Bertz CT molecular complexity index is 931. The van der Waals surface area contributed by atoms with E-state index in [0.29, 0.717) is 17.2 Å². The second-order valence-electron chi connectivity index (χ2n) is 10.4. The number of carbonyl (C=O) groups is 1. The SMILES string of the molecule is O=C(NC1CC2(CCN(CC3CCN(c4ccc(Cl)nc4)CC3)CC2)C1)OCc1ccccc1. The zero-order valence-electron chi connectivity index (χ0n) is 19.8. The minimum absolute atomic E-state index is 0.265. The monoisotopic (exact) mass is 482 g/mol. The molecule has 0 bridgehead atoms. The van der Waals surface area contributed by atoms with Crippen LogP contribution in [0.25, 0.3) is 0 Å². The molecule has 3 aliphatic rings. The fraction of sp³-hybridized carbons (Fsp3) is 0.556. The highest BCUT2D eigenvalue weighted by Gasteiger charge is 2.46. The molecule has 1 aromatic heterocycles. The van der Waals surface area contributed by atoms with Gasteiger partial charge in [-0.25, -0.2) is 9.78 Å². The summed E-state index contributed by atoms with van der Waals surface area (Å²) in [6.07, 6.45) is 8.75. The Morgan fingerprint density at radius 3 is 2.47 bits per heavy atom. The Balaban J connectivity index is 0.977. The number of anilines is 1. The number of pyridine rings is 1. The van der Waals surface area contributed by atoms with E-state index >= 15 is 0 Å².